The Labute approximate surface area is 186 Å². The number of halogens is 1. The van der Waals surface area contributed by atoms with E-state index in [2.05, 4.69) is 13.8 Å². The maximum Gasteiger partial charge on any atom is 0.310 e. The number of aromatic nitrogens is 2. The maximum atomic E-state index is 13.6. The first-order valence-electron chi connectivity index (χ1n) is 10.6. The van der Waals surface area contributed by atoms with Crippen LogP contribution in [0.25, 0.3) is 22.9 Å². The van der Waals surface area contributed by atoms with Gasteiger partial charge in [-0.3, -0.25) is 9.59 Å². The topological polar surface area (TPSA) is 91.9 Å². The average Bonchev–Trinajstić information content (AvgIpc) is 3.13. The molecule has 2 heterocycles. The van der Waals surface area contributed by atoms with E-state index in [-0.39, 0.29) is 18.2 Å². The molecular weight excluding hydrogens is 411 g/mol. The van der Waals surface area contributed by atoms with E-state index in [9.17, 15) is 19.1 Å². The van der Waals surface area contributed by atoms with Crippen molar-refractivity contribution in [2.24, 2.45) is 0 Å². The Morgan fingerprint density at radius 3 is 2.44 bits per heavy atom. The third kappa shape index (κ3) is 5.11. The van der Waals surface area contributed by atoms with Gasteiger partial charge in [0, 0.05) is 23.2 Å². The minimum absolute atomic E-state index is 0.115. The predicted molar refractivity (Wildman–Crippen MR) is 121 cm³/mol. The zero-order chi connectivity index (χ0) is 23.4. The highest BCUT2D eigenvalue weighted by molar-refractivity contribution is 5.95. The molecule has 0 bridgehead atoms. The molecule has 0 saturated heterocycles. The summed E-state index contributed by atoms with van der Waals surface area (Å²) in [5.41, 5.74) is 5.12. The minimum atomic E-state index is -1.22. The van der Waals surface area contributed by atoms with Crippen LogP contribution in [0.2, 0.25) is 0 Å². The number of aliphatic hydroxyl groups excluding tert-OH is 1. The van der Waals surface area contributed by atoms with Gasteiger partial charge in [0.05, 0.1) is 17.3 Å². The van der Waals surface area contributed by atoms with Gasteiger partial charge in [-0.05, 0) is 54.3 Å². The highest BCUT2D eigenvalue weighted by Gasteiger charge is 2.20. The number of carboxylic acids is 1. The third-order valence-corrected chi connectivity index (χ3v) is 5.28. The fourth-order valence-electron chi connectivity index (χ4n) is 3.83. The molecule has 7 heteroatoms. The van der Waals surface area contributed by atoms with E-state index in [1.165, 1.54) is 18.2 Å². The van der Waals surface area contributed by atoms with Gasteiger partial charge < -0.3 is 10.2 Å². The summed E-state index contributed by atoms with van der Waals surface area (Å²) in [4.78, 5) is 22.5. The van der Waals surface area contributed by atoms with Crippen LogP contribution < -0.4 is 0 Å². The Bertz CT molecular complexity index is 1160. The molecule has 6 nitrogen and oxygen atoms in total. The summed E-state index contributed by atoms with van der Waals surface area (Å²) in [7, 11) is 0. The first-order valence-corrected chi connectivity index (χ1v) is 10.6. The van der Waals surface area contributed by atoms with Gasteiger partial charge in [-0.25, -0.2) is 8.91 Å². The van der Waals surface area contributed by atoms with Crippen molar-refractivity contribution in [3.05, 3.63) is 65.1 Å². The van der Waals surface area contributed by atoms with Crippen LogP contribution in [0.3, 0.4) is 0 Å². The lowest BCUT2D eigenvalue weighted by molar-refractivity contribution is -0.140. The average molecular weight is 438 g/mol. The van der Waals surface area contributed by atoms with Crippen molar-refractivity contribution in [1.82, 2.24) is 9.61 Å². The number of aryl methyl sites for hydroxylation is 1. The van der Waals surface area contributed by atoms with Crippen LogP contribution in [0, 0.1) is 5.82 Å². The zero-order valence-electron chi connectivity index (χ0n) is 18.4. The SMILES string of the molecule is CCc1ccc2c(C(C)C)c(/C=C/C(O)CC(=O)CC(=O)O)c(-c3ccc(F)cc3)nn12. The predicted octanol–water partition coefficient (Wildman–Crippen LogP) is 4.63. The minimum Gasteiger partial charge on any atom is -0.481 e. The number of carbonyl (C=O) groups is 2. The molecule has 1 unspecified atom stereocenters. The number of hydrogen-bond acceptors (Lipinski definition) is 4. The van der Waals surface area contributed by atoms with Crippen molar-refractivity contribution in [2.45, 2.75) is 52.1 Å². The second-order valence-corrected chi connectivity index (χ2v) is 8.05. The number of hydrogen-bond donors (Lipinski definition) is 2. The van der Waals surface area contributed by atoms with E-state index in [1.807, 2.05) is 23.6 Å². The molecule has 0 aliphatic carbocycles. The number of benzene rings is 1. The molecule has 3 aromatic rings. The quantitative estimate of drug-likeness (QED) is 0.475. The number of aliphatic carboxylic acids is 1. The molecule has 2 aromatic heterocycles. The molecule has 0 radical (unpaired) electrons. The van der Waals surface area contributed by atoms with Crippen molar-refractivity contribution in [2.75, 3.05) is 0 Å². The summed E-state index contributed by atoms with van der Waals surface area (Å²) in [6, 6.07) is 10.1. The molecule has 0 aliphatic rings. The van der Waals surface area contributed by atoms with Gasteiger partial charge in [0.2, 0.25) is 0 Å². The molecule has 32 heavy (non-hydrogen) atoms. The number of rotatable bonds is 9. The molecule has 1 atom stereocenters. The summed E-state index contributed by atoms with van der Waals surface area (Å²) in [5, 5.41) is 23.9. The van der Waals surface area contributed by atoms with Crippen molar-refractivity contribution >= 4 is 23.3 Å². The summed E-state index contributed by atoms with van der Waals surface area (Å²) in [5.74, 6) is -2.00. The molecule has 0 fully saturated rings. The molecule has 2 N–H and O–H groups in total. The van der Waals surface area contributed by atoms with Gasteiger partial charge in [-0.2, -0.15) is 5.10 Å². The number of ketones is 1. The Kier molecular flexibility index (Phi) is 7.20. The zero-order valence-corrected chi connectivity index (χ0v) is 18.4. The van der Waals surface area contributed by atoms with Crippen molar-refractivity contribution in [1.29, 1.82) is 0 Å². The molecule has 168 valence electrons. The van der Waals surface area contributed by atoms with Crippen molar-refractivity contribution in [3.8, 4) is 11.3 Å². The Morgan fingerprint density at radius 2 is 1.84 bits per heavy atom. The lowest BCUT2D eigenvalue weighted by Crippen LogP contribution is -2.14. The van der Waals surface area contributed by atoms with Crippen LogP contribution >= 0.6 is 0 Å². The fourth-order valence-corrected chi connectivity index (χ4v) is 3.83. The van der Waals surface area contributed by atoms with Gasteiger partial charge in [0.1, 0.15) is 18.0 Å². The first kappa shape index (κ1) is 23.3. The van der Waals surface area contributed by atoms with Gasteiger partial charge in [0.25, 0.3) is 0 Å². The highest BCUT2D eigenvalue weighted by atomic mass is 19.1. The molecule has 0 spiro atoms. The third-order valence-electron chi connectivity index (χ3n) is 5.28. The maximum absolute atomic E-state index is 13.6. The van der Waals surface area contributed by atoms with Crippen molar-refractivity contribution < 1.29 is 24.2 Å². The second kappa shape index (κ2) is 9.87. The number of aliphatic hydroxyl groups is 1. The van der Waals surface area contributed by atoms with Gasteiger partial charge in [-0.15, -0.1) is 0 Å². The van der Waals surface area contributed by atoms with Crippen LogP contribution in [0.5, 0.6) is 0 Å². The molecule has 3 rings (SSSR count). The highest BCUT2D eigenvalue weighted by Crippen LogP contribution is 2.34. The smallest absolute Gasteiger partial charge is 0.310 e. The molecule has 0 aliphatic heterocycles. The summed E-state index contributed by atoms with van der Waals surface area (Å²) >= 11 is 0. The number of fused-ring (bicyclic) bond motifs is 1. The summed E-state index contributed by atoms with van der Waals surface area (Å²) in [6.45, 7) is 6.17. The Hall–Kier alpha value is -3.32. The van der Waals surface area contributed by atoms with Gasteiger partial charge in [0.15, 0.2) is 0 Å². The Balaban J connectivity index is 2.14. The lowest BCUT2D eigenvalue weighted by atomic mass is 9.93. The van der Waals surface area contributed by atoms with Gasteiger partial charge >= 0.3 is 5.97 Å². The van der Waals surface area contributed by atoms with E-state index in [1.54, 1.807) is 18.2 Å². The number of Topliss-reactive ketones (excluding diaryl/α,β-unsaturated/α-hetero) is 1. The number of carboxylic acid groups (broad SMARTS) is 1. The Morgan fingerprint density at radius 1 is 1.16 bits per heavy atom. The molecule has 0 saturated carbocycles. The number of carbonyl (C=O) groups excluding carboxylic acids is 1. The first-order chi connectivity index (χ1) is 15.2. The summed E-state index contributed by atoms with van der Waals surface area (Å²) in [6.07, 6.45) is 1.96. The van der Waals surface area contributed by atoms with E-state index in [0.717, 1.165) is 34.3 Å². The van der Waals surface area contributed by atoms with E-state index in [4.69, 9.17) is 10.2 Å². The van der Waals surface area contributed by atoms with E-state index >= 15 is 0 Å². The van der Waals surface area contributed by atoms with Crippen LogP contribution in [0.15, 0.2) is 42.5 Å². The van der Waals surface area contributed by atoms with E-state index in [0.29, 0.717) is 5.69 Å². The molecule has 1 aromatic carbocycles. The monoisotopic (exact) mass is 438 g/mol. The van der Waals surface area contributed by atoms with Gasteiger partial charge in [-0.1, -0.05) is 32.9 Å². The van der Waals surface area contributed by atoms with Crippen LogP contribution in [-0.2, 0) is 16.0 Å². The lowest BCUT2D eigenvalue weighted by Gasteiger charge is -2.18. The summed E-state index contributed by atoms with van der Waals surface area (Å²) < 4.78 is 15.5. The van der Waals surface area contributed by atoms with Crippen LogP contribution in [0.4, 0.5) is 4.39 Å². The molecule has 0 amide bonds. The number of nitrogens with zero attached hydrogens (tertiary/aromatic N) is 2. The fraction of sp³-hybridized carbons (Fsp3) is 0.320. The van der Waals surface area contributed by atoms with Crippen molar-refractivity contribution in [3.63, 3.8) is 0 Å². The van der Waals surface area contributed by atoms with E-state index < -0.39 is 24.3 Å². The molecular formula is C25H27FN2O4. The van der Waals surface area contributed by atoms with Crippen LogP contribution in [0.1, 0.15) is 56.4 Å². The second-order valence-electron chi connectivity index (χ2n) is 8.05. The largest absolute Gasteiger partial charge is 0.481 e. The standard InChI is InChI=1S/C25H27FN2O4/c1-4-18-9-12-22-24(15(2)3)21(11-10-19(29)13-20(30)14-23(31)32)25(27-28(18)22)16-5-7-17(26)8-6-16/h5-12,15,19,29H,4,13-14H2,1-3H3,(H,31,32)/b11-10+. The normalized spacial score (nSPS) is 12.7. The van der Waals surface area contributed by atoms with Crippen LogP contribution in [-0.4, -0.2) is 37.7 Å².